The van der Waals surface area contributed by atoms with Crippen LogP contribution in [-0.2, 0) is 32.1 Å². The zero-order chi connectivity index (χ0) is 4.50. The van der Waals surface area contributed by atoms with Crippen LogP contribution in [0.4, 0.5) is 0 Å². The first kappa shape index (κ1) is 9.77. The van der Waals surface area contributed by atoms with Gasteiger partial charge in [-0.25, -0.2) is 0 Å². The largest absolute Gasteiger partial charge is 3.00 e. The van der Waals surface area contributed by atoms with Crippen molar-refractivity contribution in [2.75, 3.05) is 0 Å². The summed E-state index contributed by atoms with van der Waals surface area (Å²) in [4.78, 5) is 0. The quantitative estimate of drug-likeness (QED) is 0.239. The molecule has 0 atom stereocenters. The Morgan fingerprint density at radius 2 is 1.17 bits per heavy atom. The summed E-state index contributed by atoms with van der Waals surface area (Å²) in [5.74, 6) is 0. The molecule has 0 saturated heterocycles. The third-order valence-electron chi connectivity index (χ3n) is 0. The fourth-order valence-electron chi connectivity index (χ4n) is 0. The summed E-state index contributed by atoms with van der Waals surface area (Å²) in [7, 11) is -5.17. The van der Waals surface area contributed by atoms with E-state index in [2.05, 4.69) is 0 Å². The second-order valence-electron chi connectivity index (χ2n) is 0.408. The molecular formula is O4STi+. The Morgan fingerprint density at radius 1 is 1.17 bits per heavy atom. The van der Waals surface area contributed by atoms with E-state index in [4.69, 9.17) is 17.5 Å². The molecule has 0 aliphatic carbocycles. The van der Waals surface area contributed by atoms with Crippen molar-refractivity contribution in [3.63, 3.8) is 0 Å². The predicted molar refractivity (Wildman–Crippen MR) is 10.5 cm³/mol. The molecule has 0 aliphatic heterocycles. The summed E-state index contributed by atoms with van der Waals surface area (Å²) in [6, 6.07) is 0. The molecule has 33 valence electrons. The molecule has 0 bridgehead atoms. The van der Waals surface area contributed by atoms with E-state index in [9.17, 15) is 0 Å². The number of rotatable bonds is 0. The molecule has 6 heavy (non-hydrogen) atoms. The summed E-state index contributed by atoms with van der Waals surface area (Å²) >= 11 is 0. The molecule has 0 N–H and O–H groups in total. The molecule has 0 aromatic rings. The second kappa shape index (κ2) is 2.71. The summed E-state index contributed by atoms with van der Waals surface area (Å²) in [5, 5.41) is 0. The van der Waals surface area contributed by atoms with Gasteiger partial charge in [0, 0.05) is 10.4 Å². The van der Waals surface area contributed by atoms with Crippen molar-refractivity contribution in [3.05, 3.63) is 0 Å². The monoisotopic (exact) mass is 144 g/mol. The predicted octanol–water partition coefficient (Wildman–Crippen LogP) is -1.34. The zero-order valence-electron chi connectivity index (χ0n) is 2.54. The number of hydrogen-bond acceptors (Lipinski definition) is 4. The first-order valence-electron chi connectivity index (χ1n) is 0.667. The van der Waals surface area contributed by atoms with Crippen LogP contribution in [-0.4, -0.2) is 17.5 Å². The minimum atomic E-state index is -5.17. The molecule has 0 saturated carbocycles. The Labute approximate surface area is 50.0 Å². The minimum Gasteiger partial charge on any atom is -0.759 e. The van der Waals surface area contributed by atoms with E-state index in [1.807, 2.05) is 0 Å². The van der Waals surface area contributed by atoms with E-state index in [0.717, 1.165) is 0 Å². The van der Waals surface area contributed by atoms with E-state index >= 15 is 0 Å². The molecule has 1 radical (unpaired) electrons. The maximum Gasteiger partial charge on any atom is 3.00 e. The molecular weight excluding hydrogens is 144 g/mol. The van der Waals surface area contributed by atoms with Crippen LogP contribution in [0.2, 0.25) is 0 Å². The fraction of sp³-hybridized carbons (Fsp3) is 0. The van der Waals surface area contributed by atoms with E-state index in [1.165, 1.54) is 0 Å². The van der Waals surface area contributed by atoms with Crippen molar-refractivity contribution in [2.45, 2.75) is 0 Å². The molecule has 0 aromatic heterocycles. The summed E-state index contributed by atoms with van der Waals surface area (Å²) in [6.07, 6.45) is 0. The standard InChI is InChI=1S/H2O4S.Ti/c1-5(2,3)4;/h(H2,1,2,3,4);/q;+3/p-2. The number of hydrogen-bond donors (Lipinski definition) is 0. The SMILES string of the molecule is O=S(=O)([O-])[O-].[Ti+3]. The normalized spacial score (nSPS) is 9.67. The Hall–Kier alpha value is 0.584. The van der Waals surface area contributed by atoms with Crippen LogP contribution in [0, 0.1) is 0 Å². The van der Waals surface area contributed by atoms with Crippen LogP contribution < -0.4 is 0 Å². The third kappa shape index (κ3) is 173. The van der Waals surface area contributed by atoms with Gasteiger partial charge in [-0.2, -0.15) is 0 Å². The van der Waals surface area contributed by atoms with E-state index < -0.39 is 10.4 Å². The van der Waals surface area contributed by atoms with Gasteiger partial charge in [0.05, 0.1) is 0 Å². The molecule has 0 unspecified atom stereocenters. The van der Waals surface area contributed by atoms with E-state index in [1.54, 1.807) is 0 Å². The van der Waals surface area contributed by atoms with Gasteiger partial charge in [-0.15, -0.1) is 0 Å². The van der Waals surface area contributed by atoms with Crippen molar-refractivity contribution in [1.29, 1.82) is 0 Å². The first-order valence-corrected chi connectivity index (χ1v) is 2.00. The van der Waals surface area contributed by atoms with Crippen molar-refractivity contribution < 1.29 is 39.2 Å². The van der Waals surface area contributed by atoms with Crippen LogP contribution >= 0.6 is 0 Å². The average Bonchev–Trinajstić information content (AvgIpc) is 0.722. The van der Waals surface area contributed by atoms with Gasteiger partial charge < -0.3 is 9.11 Å². The molecule has 0 rings (SSSR count). The van der Waals surface area contributed by atoms with Crippen molar-refractivity contribution in [3.8, 4) is 0 Å². The molecule has 4 nitrogen and oxygen atoms in total. The summed E-state index contributed by atoms with van der Waals surface area (Å²) in [6.45, 7) is 0. The van der Waals surface area contributed by atoms with Gasteiger partial charge in [0.15, 0.2) is 0 Å². The zero-order valence-corrected chi connectivity index (χ0v) is 4.92. The summed E-state index contributed by atoms with van der Waals surface area (Å²) in [5.41, 5.74) is 0. The van der Waals surface area contributed by atoms with Crippen LogP contribution in [0.5, 0.6) is 0 Å². The fourth-order valence-corrected chi connectivity index (χ4v) is 0. The molecule has 0 fully saturated rings. The van der Waals surface area contributed by atoms with Gasteiger partial charge in [-0.3, -0.25) is 8.42 Å². The molecule has 0 aromatic carbocycles. The second-order valence-corrected chi connectivity index (χ2v) is 1.22. The third-order valence-corrected chi connectivity index (χ3v) is 0. The Balaban J connectivity index is 0. The van der Waals surface area contributed by atoms with Gasteiger partial charge in [-0.1, -0.05) is 0 Å². The van der Waals surface area contributed by atoms with Crippen molar-refractivity contribution in [1.82, 2.24) is 0 Å². The van der Waals surface area contributed by atoms with E-state index in [-0.39, 0.29) is 21.7 Å². The molecule has 0 aliphatic rings. The van der Waals surface area contributed by atoms with E-state index in [0.29, 0.717) is 0 Å². The Kier molecular flexibility index (Phi) is 4.41. The molecule has 0 spiro atoms. The van der Waals surface area contributed by atoms with Gasteiger partial charge in [0.25, 0.3) is 0 Å². The van der Waals surface area contributed by atoms with Gasteiger partial charge in [0.1, 0.15) is 0 Å². The van der Waals surface area contributed by atoms with Gasteiger partial charge in [-0.05, 0) is 0 Å². The van der Waals surface area contributed by atoms with Crippen molar-refractivity contribution in [2.24, 2.45) is 0 Å². The summed E-state index contributed by atoms with van der Waals surface area (Å²) < 4.78 is 34.1. The Bertz CT molecular complexity index is 90.7. The maximum absolute atomic E-state index is 8.52. The molecule has 0 amide bonds. The minimum absolute atomic E-state index is 0. The van der Waals surface area contributed by atoms with Crippen LogP contribution in [0.25, 0.3) is 0 Å². The smallest absolute Gasteiger partial charge is 0.759 e. The van der Waals surface area contributed by atoms with Crippen LogP contribution in [0.15, 0.2) is 0 Å². The first-order chi connectivity index (χ1) is 2.00. The molecule has 6 heteroatoms. The maximum atomic E-state index is 8.52. The average molecular weight is 144 g/mol. The van der Waals surface area contributed by atoms with Crippen molar-refractivity contribution >= 4 is 10.4 Å². The van der Waals surface area contributed by atoms with Crippen LogP contribution in [0.3, 0.4) is 0 Å². The van der Waals surface area contributed by atoms with Gasteiger partial charge in [0.2, 0.25) is 0 Å². The Morgan fingerprint density at radius 3 is 1.17 bits per heavy atom. The molecule has 0 heterocycles. The van der Waals surface area contributed by atoms with Gasteiger partial charge >= 0.3 is 21.7 Å². The van der Waals surface area contributed by atoms with Crippen LogP contribution in [0.1, 0.15) is 0 Å². The topological polar surface area (TPSA) is 80.3 Å².